The number of fused-ring (bicyclic) bond motifs is 4. The van der Waals surface area contributed by atoms with Gasteiger partial charge in [-0.15, -0.1) is 0 Å². The molecule has 3 N–H and O–H groups in total. The third-order valence-corrected chi connectivity index (χ3v) is 15.9. The zero-order valence-electron chi connectivity index (χ0n) is 40.1. The molecule has 66 heavy (non-hydrogen) atoms. The number of carbonyl (C=O) groups excluding carboxylic acids is 3. The van der Waals surface area contributed by atoms with Gasteiger partial charge in [0, 0.05) is 17.8 Å². The molecule has 12 heteroatoms. The maximum Gasteiger partial charge on any atom is 0.407 e. The molecule has 3 saturated heterocycles. The highest BCUT2D eigenvalue weighted by Gasteiger charge is 2.50. The van der Waals surface area contributed by atoms with E-state index < -0.39 is 12.1 Å². The van der Waals surface area contributed by atoms with Gasteiger partial charge in [-0.05, 0) is 134 Å². The van der Waals surface area contributed by atoms with Crippen molar-refractivity contribution in [3.63, 3.8) is 0 Å². The summed E-state index contributed by atoms with van der Waals surface area (Å²) in [5.41, 5.74) is 8.75. The topological polar surface area (TPSA) is 140 Å². The van der Waals surface area contributed by atoms with Crippen molar-refractivity contribution in [2.45, 2.75) is 160 Å². The maximum atomic E-state index is 14.4. The van der Waals surface area contributed by atoms with Gasteiger partial charge >= 0.3 is 6.09 Å². The highest BCUT2D eigenvalue weighted by molar-refractivity contribution is 5.88. The van der Waals surface area contributed by atoms with Gasteiger partial charge < -0.3 is 34.7 Å². The van der Waals surface area contributed by atoms with Gasteiger partial charge in [0.1, 0.15) is 17.7 Å². The van der Waals surface area contributed by atoms with Crippen LogP contribution in [0.3, 0.4) is 0 Å². The summed E-state index contributed by atoms with van der Waals surface area (Å²) < 4.78 is 4.93. The minimum Gasteiger partial charge on any atom is -0.453 e. The SMILES string of the molecule is COC(=O)N[C@H](C(=O)N1C(c2nc3cc([C@H]4CC[C@H](c5ccc6[nH]c([C@@H]7C[C@@H]8CCC[C@@H]8N7C(=O)[CH]C(C)C)nc6c5)N4c4ccc(C(C)(C)C)cc4)ccc3[nH]2)C[C@@H]2CCC[C@@H]21)C(C)C. The minimum absolute atomic E-state index is 0.0322. The molecule has 3 aliphatic heterocycles. The van der Waals surface area contributed by atoms with E-state index in [1.165, 1.54) is 42.3 Å². The van der Waals surface area contributed by atoms with Gasteiger partial charge in [-0.2, -0.15) is 0 Å². The Morgan fingerprint density at radius 1 is 0.712 bits per heavy atom. The second-order valence-electron chi connectivity index (χ2n) is 21.9. The molecule has 2 saturated carbocycles. The van der Waals surface area contributed by atoms with Gasteiger partial charge in [-0.3, -0.25) is 9.59 Å². The highest BCUT2D eigenvalue weighted by Crippen LogP contribution is 2.51. The third kappa shape index (κ3) is 8.03. The Morgan fingerprint density at radius 2 is 1.24 bits per heavy atom. The van der Waals surface area contributed by atoms with E-state index in [0.29, 0.717) is 17.9 Å². The van der Waals surface area contributed by atoms with Crippen LogP contribution < -0.4 is 10.2 Å². The van der Waals surface area contributed by atoms with Crippen LogP contribution in [0.15, 0.2) is 60.7 Å². The van der Waals surface area contributed by atoms with Crippen molar-refractivity contribution in [1.29, 1.82) is 0 Å². The summed E-state index contributed by atoms with van der Waals surface area (Å²) >= 11 is 0. The molecule has 5 fully saturated rings. The summed E-state index contributed by atoms with van der Waals surface area (Å²) in [6.07, 6.45) is 11.6. The zero-order valence-corrected chi connectivity index (χ0v) is 40.1. The van der Waals surface area contributed by atoms with Gasteiger partial charge in [0.2, 0.25) is 11.8 Å². The van der Waals surface area contributed by atoms with Gasteiger partial charge in [0.15, 0.2) is 0 Å². The number of alkyl carbamates (subject to hydrolysis) is 1. The Kier molecular flexibility index (Phi) is 11.7. The van der Waals surface area contributed by atoms with E-state index in [1.54, 1.807) is 0 Å². The molecular weight excluding hydrogens is 825 g/mol. The lowest BCUT2D eigenvalue weighted by atomic mass is 9.87. The number of ether oxygens (including phenoxy) is 1. The van der Waals surface area contributed by atoms with Crippen LogP contribution in [0.4, 0.5) is 10.5 Å². The lowest BCUT2D eigenvalue weighted by Gasteiger charge is -2.34. The zero-order chi connectivity index (χ0) is 46.2. The highest BCUT2D eigenvalue weighted by atomic mass is 16.5. The van der Waals surface area contributed by atoms with E-state index in [-0.39, 0.29) is 59.3 Å². The van der Waals surface area contributed by atoms with E-state index in [9.17, 15) is 14.4 Å². The number of nitrogens with zero attached hydrogens (tertiary/aromatic N) is 5. The molecule has 5 heterocycles. The molecule has 3 aromatic carbocycles. The Morgan fingerprint density at radius 3 is 1.74 bits per heavy atom. The second-order valence-corrected chi connectivity index (χ2v) is 21.9. The van der Waals surface area contributed by atoms with E-state index in [0.717, 1.165) is 85.1 Å². The molecule has 1 unspecified atom stereocenters. The largest absolute Gasteiger partial charge is 0.453 e. The summed E-state index contributed by atoms with van der Waals surface area (Å²) in [5, 5.41) is 2.83. The Balaban J connectivity index is 0.966. The quantitative estimate of drug-likeness (QED) is 0.127. The van der Waals surface area contributed by atoms with Crippen molar-refractivity contribution in [3.05, 3.63) is 95.4 Å². The normalized spacial score (nSPS) is 26.8. The third-order valence-electron chi connectivity index (χ3n) is 15.9. The lowest BCUT2D eigenvalue weighted by Crippen LogP contribution is -2.53. The Labute approximate surface area is 390 Å². The first-order chi connectivity index (χ1) is 31.7. The number of hydrogen-bond donors (Lipinski definition) is 3. The smallest absolute Gasteiger partial charge is 0.407 e. The number of carbonyl (C=O) groups is 3. The number of anilines is 1. The molecule has 5 aliphatic rings. The number of rotatable bonds is 10. The van der Waals surface area contributed by atoms with Crippen LogP contribution in [0.25, 0.3) is 22.1 Å². The van der Waals surface area contributed by atoms with Gasteiger partial charge in [0.25, 0.3) is 0 Å². The summed E-state index contributed by atoms with van der Waals surface area (Å²) in [5.74, 6) is 2.81. The molecule has 3 amide bonds. The number of aromatic nitrogens is 4. The summed E-state index contributed by atoms with van der Waals surface area (Å²) in [6.45, 7) is 14.9. The van der Waals surface area contributed by atoms with Crippen LogP contribution in [-0.4, -0.2) is 72.9 Å². The molecule has 349 valence electrons. The second kappa shape index (κ2) is 17.4. The number of nitrogens with one attached hydrogen (secondary N) is 3. The van der Waals surface area contributed by atoms with Gasteiger partial charge in [-0.1, -0.05) is 85.6 Å². The molecule has 12 nitrogen and oxygen atoms in total. The average molecular weight is 894 g/mol. The van der Waals surface area contributed by atoms with Crippen LogP contribution in [0.5, 0.6) is 0 Å². The van der Waals surface area contributed by atoms with E-state index in [2.05, 4.69) is 120 Å². The first kappa shape index (κ1) is 44.4. The van der Waals surface area contributed by atoms with E-state index in [4.69, 9.17) is 14.7 Å². The average Bonchev–Trinajstić information content (AvgIpc) is 4.14. The fourth-order valence-electron chi connectivity index (χ4n) is 12.7. The minimum atomic E-state index is -0.689. The fourth-order valence-corrected chi connectivity index (χ4v) is 12.7. The molecule has 9 atom stereocenters. The predicted molar refractivity (Wildman–Crippen MR) is 258 cm³/mol. The van der Waals surface area contributed by atoms with Crippen LogP contribution in [0.2, 0.25) is 0 Å². The van der Waals surface area contributed by atoms with Crippen molar-refractivity contribution in [2.75, 3.05) is 12.0 Å². The molecule has 2 aliphatic carbocycles. The molecule has 5 aromatic rings. The standard InChI is InChI=1S/C54H69N8O4/c1-30(2)25-48(63)61-42-13-9-11-32(42)28-46(61)50-55-38-21-15-34(26-40(38)57-50)44-23-24-45(60(44)37-19-17-36(18-20-37)54(5,6)7)35-16-22-39-41(27-35)58-51(56-39)47-29-33-12-10-14-43(33)62(47)52(64)49(31(3)4)59-53(65)66-8/h15-22,25-27,30-33,42-47,49H,9-14,23-24,28-29H2,1-8H3,(H,55,57)(H,56,58)(H,59,65)/t32-,33-,42-,43-,44+,45+,46-,47?,49-/m0/s1. The van der Waals surface area contributed by atoms with Crippen LogP contribution in [0, 0.1) is 30.1 Å². The number of methoxy groups -OCH3 is 1. The van der Waals surface area contributed by atoms with E-state index >= 15 is 0 Å². The van der Waals surface area contributed by atoms with Gasteiger partial charge in [0.05, 0.1) is 59.8 Å². The number of imidazole rings is 2. The maximum absolute atomic E-state index is 14.4. The molecule has 10 rings (SSSR count). The van der Waals surface area contributed by atoms with Crippen molar-refractivity contribution >= 4 is 45.7 Å². The molecule has 1 radical (unpaired) electrons. The van der Waals surface area contributed by atoms with Crippen molar-refractivity contribution in [2.24, 2.45) is 23.7 Å². The fraction of sp³-hybridized carbons (Fsp3) is 0.556. The van der Waals surface area contributed by atoms with Crippen molar-refractivity contribution in [1.82, 2.24) is 35.1 Å². The first-order valence-corrected chi connectivity index (χ1v) is 24.9. The van der Waals surface area contributed by atoms with Crippen molar-refractivity contribution in [3.8, 4) is 0 Å². The number of amides is 3. The number of hydrogen-bond acceptors (Lipinski definition) is 7. The van der Waals surface area contributed by atoms with Crippen LogP contribution in [-0.2, 0) is 19.7 Å². The van der Waals surface area contributed by atoms with Crippen molar-refractivity contribution < 1.29 is 19.1 Å². The number of H-pyrrole nitrogens is 2. The number of benzene rings is 3. The Bertz CT molecular complexity index is 2610. The summed E-state index contributed by atoms with van der Waals surface area (Å²) in [7, 11) is 1.33. The van der Waals surface area contributed by atoms with Crippen LogP contribution in [0.1, 0.15) is 165 Å². The molecular formula is C54H69N8O4. The monoisotopic (exact) mass is 894 g/mol. The molecule has 2 aromatic heterocycles. The summed E-state index contributed by atoms with van der Waals surface area (Å²) in [4.78, 5) is 65.2. The summed E-state index contributed by atoms with van der Waals surface area (Å²) in [6, 6.07) is 22.2. The number of likely N-dealkylation sites (tertiary alicyclic amines) is 2. The Hall–Kier alpha value is -5.39. The predicted octanol–water partition coefficient (Wildman–Crippen LogP) is 10.9. The molecule has 0 spiro atoms. The first-order valence-electron chi connectivity index (χ1n) is 24.9. The lowest BCUT2D eigenvalue weighted by molar-refractivity contribution is -0.138. The number of aromatic amines is 2. The molecule has 0 bridgehead atoms. The van der Waals surface area contributed by atoms with E-state index in [1.807, 2.05) is 25.2 Å². The van der Waals surface area contributed by atoms with Crippen LogP contribution >= 0.6 is 0 Å². The van der Waals surface area contributed by atoms with Gasteiger partial charge in [-0.25, -0.2) is 14.8 Å².